The summed E-state index contributed by atoms with van der Waals surface area (Å²) in [5.41, 5.74) is 1.65. The topological polar surface area (TPSA) is 43.4 Å². The first-order chi connectivity index (χ1) is 9.86. The van der Waals surface area contributed by atoms with Crippen LogP contribution in [0, 0.1) is 5.92 Å². The van der Waals surface area contributed by atoms with E-state index >= 15 is 0 Å². The SMILES string of the molecule is CCOC(=O)C(CC=C(C)c1cc(Cl)ccc1Cl)C(C)=O. The van der Waals surface area contributed by atoms with E-state index in [1.165, 1.54) is 6.92 Å². The first-order valence-corrected chi connectivity index (χ1v) is 7.41. The highest BCUT2D eigenvalue weighted by Crippen LogP contribution is 2.27. The Labute approximate surface area is 134 Å². The Hall–Kier alpha value is -1.32. The molecule has 21 heavy (non-hydrogen) atoms. The number of halogens is 2. The van der Waals surface area contributed by atoms with Crippen LogP contribution in [0.5, 0.6) is 0 Å². The Balaban J connectivity index is 2.93. The Morgan fingerprint density at radius 3 is 2.52 bits per heavy atom. The van der Waals surface area contributed by atoms with Crippen molar-refractivity contribution in [3.8, 4) is 0 Å². The zero-order chi connectivity index (χ0) is 16.0. The van der Waals surface area contributed by atoms with E-state index in [0.717, 1.165) is 11.1 Å². The molecule has 0 heterocycles. The van der Waals surface area contributed by atoms with Crippen molar-refractivity contribution >= 4 is 40.5 Å². The number of carbonyl (C=O) groups excluding carboxylic acids is 2. The van der Waals surface area contributed by atoms with E-state index in [0.29, 0.717) is 10.0 Å². The van der Waals surface area contributed by atoms with Crippen LogP contribution in [0.4, 0.5) is 0 Å². The monoisotopic (exact) mass is 328 g/mol. The molecule has 1 aromatic carbocycles. The van der Waals surface area contributed by atoms with Crippen molar-refractivity contribution in [2.45, 2.75) is 27.2 Å². The van der Waals surface area contributed by atoms with Crippen molar-refractivity contribution in [2.75, 3.05) is 6.61 Å². The van der Waals surface area contributed by atoms with Crippen LogP contribution in [0.15, 0.2) is 24.3 Å². The molecule has 5 heteroatoms. The Morgan fingerprint density at radius 2 is 1.95 bits per heavy atom. The normalized spacial score (nSPS) is 12.9. The molecular weight excluding hydrogens is 311 g/mol. The maximum atomic E-state index is 11.7. The molecule has 114 valence electrons. The quantitative estimate of drug-likeness (QED) is 0.568. The number of esters is 1. The van der Waals surface area contributed by atoms with Gasteiger partial charge < -0.3 is 4.74 Å². The molecular formula is C16H18Cl2O3. The number of Topliss-reactive ketones (excluding diaryl/α,β-unsaturated/α-hetero) is 1. The molecule has 0 radical (unpaired) electrons. The van der Waals surface area contributed by atoms with E-state index in [4.69, 9.17) is 27.9 Å². The number of carbonyl (C=O) groups is 2. The smallest absolute Gasteiger partial charge is 0.316 e. The maximum Gasteiger partial charge on any atom is 0.316 e. The molecule has 0 amide bonds. The highest BCUT2D eigenvalue weighted by Gasteiger charge is 2.23. The van der Waals surface area contributed by atoms with E-state index in [1.807, 2.05) is 6.92 Å². The summed E-state index contributed by atoms with van der Waals surface area (Å²) < 4.78 is 4.91. The molecule has 0 saturated heterocycles. The Morgan fingerprint density at radius 1 is 1.29 bits per heavy atom. The first-order valence-electron chi connectivity index (χ1n) is 6.66. The summed E-state index contributed by atoms with van der Waals surface area (Å²) in [6.07, 6.45) is 2.09. The lowest BCUT2D eigenvalue weighted by Gasteiger charge is -2.11. The molecule has 3 nitrogen and oxygen atoms in total. The average Bonchev–Trinajstić information content (AvgIpc) is 2.41. The van der Waals surface area contributed by atoms with Gasteiger partial charge in [-0.25, -0.2) is 0 Å². The first kappa shape index (κ1) is 17.7. The van der Waals surface area contributed by atoms with Gasteiger partial charge in [-0.2, -0.15) is 0 Å². The van der Waals surface area contributed by atoms with Crippen LogP contribution in [0.1, 0.15) is 32.8 Å². The van der Waals surface area contributed by atoms with Crippen LogP contribution < -0.4 is 0 Å². The van der Waals surface area contributed by atoms with Crippen molar-refractivity contribution in [3.05, 3.63) is 39.9 Å². The third-order valence-corrected chi connectivity index (χ3v) is 3.64. The van der Waals surface area contributed by atoms with Crippen molar-refractivity contribution in [3.63, 3.8) is 0 Å². The fraction of sp³-hybridized carbons (Fsp3) is 0.375. The molecule has 0 bridgehead atoms. The van der Waals surface area contributed by atoms with Gasteiger partial charge in [-0.3, -0.25) is 9.59 Å². The summed E-state index contributed by atoms with van der Waals surface area (Å²) in [5.74, 6) is -1.49. The van der Waals surface area contributed by atoms with Crippen LogP contribution in [0.2, 0.25) is 10.0 Å². The standard InChI is InChI=1S/C16H18Cl2O3/c1-4-21-16(20)13(11(3)19)7-5-10(2)14-9-12(17)6-8-15(14)18/h5-6,8-9,13H,4,7H2,1-3H3. The van der Waals surface area contributed by atoms with Crippen molar-refractivity contribution in [2.24, 2.45) is 5.92 Å². The zero-order valence-corrected chi connectivity index (χ0v) is 13.8. The van der Waals surface area contributed by atoms with Gasteiger partial charge in [-0.1, -0.05) is 29.3 Å². The minimum Gasteiger partial charge on any atom is -0.465 e. The molecule has 0 aliphatic heterocycles. The van der Waals surface area contributed by atoms with Crippen LogP contribution in [-0.2, 0) is 14.3 Å². The van der Waals surface area contributed by atoms with Crippen LogP contribution in [0.25, 0.3) is 5.57 Å². The number of allylic oxidation sites excluding steroid dienone is 2. The third-order valence-electron chi connectivity index (χ3n) is 3.07. The summed E-state index contributed by atoms with van der Waals surface area (Å²) in [5, 5.41) is 1.15. The van der Waals surface area contributed by atoms with Crippen molar-refractivity contribution in [1.82, 2.24) is 0 Å². The van der Waals surface area contributed by atoms with Gasteiger partial charge in [0.15, 0.2) is 0 Å². The predicted molar refractivity (Wildman–Crippen MR) is 85.5 cm³/mol. The molecule has 0 aliphatic carbocycles. The van der Waals surface area contributed by atoms with E-state index in [-0.39, 0.29) is 18.8 Å². The number of benzene rings is 1. The molecule has 1 aromatic rings. The second-order valence-electron chi connectivity index (χ2n) is 4.66. The number of rotatable bonds is 6. The van der Waals surface area contributed by atoms with Gasteiger partial charge in [0.05, 0.1) is 6.61 Å². The van der Waals surface area contributed by atoms with Gasteiger partial charge in [0.2, 0.25) is 0 Å². The van der Waals surface area contributed by atoms with E-state index < -0.39 is 11.9 Å². The highest BCUT2D eigenvalue weighted by molar-refractivity contribution is 6.34. The molecule has 0 aromatic heterocycles. The molecule has 1 unspecified atom stereocenters. The molecule has 0 spiro atoms. The van der Waals surface area contributed by atoms with Gasteiger partial charge in [-0.05, 0) is 56.5 Å². The van der Waals surface area contributed by atoms with E-state index in [1.54, 1.807) is 31.2 Å². The summed E-state index contributed by atoms with van der Waals surface area (Å²) in [4.78, 5) is 23.3. The summed E-state index contributed by atoms with van der Waals surface area (Å²) in [6, 6.07) is 5.17. The number of hydrogen-bond donors (Lipinski definition) is 0. The van der Waals surface area contributed by atoms with Crippen molar-refractivity contribution in [1.29, 1.82) is 0 Å². The number of ketones is 1. The fourth-order valence-electron chi connectivity index (χ4n) is 1.88. The Bertz CT molecular complexity index is 565. The maximum absolute atomic E-state index is 11.7. The average molecular weight is 329 g/mol. The van der Waals surface area contributed by atoms with Gasteiger partial charge in [-0.15, -0.1) is 0 Å². The predicted octanol–water partition coefficient (Wildman–Crippen LogP) is 4.56. The second-order valence-corrected chi connectivity index (χ2v) is 5.51. The largest absolute Gasteiger partial charge is 0.465 e. The minimum absolute atomic E-state index is 0.213. The summed E-state index contributed by atoms with van der Waals surface area (Å²) >= 11 is 12.1. The summed E-state index contributed by atoms with van der Waals surface area (Å²) in [6.45, 7) is 5.21. The van der Waals surface area contributed by atoms with Gasteiger partial charge in [0.1, 0.15) is 11.7 Å². The molecule has 0 aliphatic rings. The fourth-order valence-corrected chi connectivity index (χ4v) is 2.31. The number of hydrogen-bond acceptors (Lipinski definition) is 3. The molecule has 0 saturated carbocycles. The molecule has 0 fully saturated rings. The van der Waals surface area contributed by atoms with Crippen molar-refractivity contribution < 1.29 is 14.3 Å². The molecule has 1 rings (SSSR count). The minimum atomic E-state index is -0.780. The van der Waals surface area contributed by atoms with E-state index in [9.17, 15) is 9.59 Å². The molecule has 1 atom stereocenters. The van der Waals surface area contributed by atoms with Crippen LogP contribution in [-0.4, -0.2) is 18.4 Å². The lowest BCUT2D eigenvalue weighted by molar-refractivity contribution is -0.150. The molecule has 0 N–H and O–H groups in total. The lowest BCUT2D eigenvalue weighted by Crippen LogP contribution is -2.23. The van der Waals surface area contributed by atoms with Gasteiger partial charge in [0.25, 0.3) is 0 Å². The Kier molecular flexibility index (Phi) is 6.93. The third kappa shape index (κ3) is 5.18. The highest BCUT2D eigenvalue weighted by atomic mass is 35.5. The van der Waals surface area contributed by atoms with E-state index in [2.05, 4.69) is 0 Å². The second kappa shape index (κ2) is 8.20. The van der Waals surface area contributed by atoms with Crippen LogP contribution in [0.3, 0.4) is 0 Å². The van der Waals surface area contributed by atoms with Gasteiger partial charge in [0, 0.05) is 10.0 Å². The van der Waals surface area contributed by atoms with Crippen LogP contribution >= 0.6 is 23.2 Å². The lowest BCUT2D eigenvalue weighted by atomic mass is 9.98. The summed E-state index contributed by atoms with van der Waals surface area (Å²) in [7, 11) is 0. The van der Waals surface area contributed by atoms with Gasteiger partial charge >= 0.3 is 5.97 Å². The number of ether oxygens (including phenoxy) is 1. The zero-order valence-electron chi connectivity index (χ0n) is 12.3.